The molecule has 122 valence electrons. The maximum atomic E-state index is 12.3. The fourth-order valence-corrected chi connectivity index (χ4v) is 2.26. The van der Waals surface area contributed by atoms with Gasteiger partial charge in [0.25, 0.3) is 0 Å². The van der Waals surface area contributed by atoms with E-state index in [1.807, 2.05) is 30.3 Å². The molecule has 0 aromatic heterocycles. The average molecular weight is 312 g/mol. The highest BCUT2D eigenvalue weighted by atomic mass is 16.5. The smallest absolute Gasteiger partial charge is 0.163 e. The van der Waals surface area contributed by atoms with Crippen LogP contribution in [0.4, 0.5) is 0 Å². The van der Waals surface area contributed by atoms with E-state index in [4.69, 9.17) is 9.47 Å². The van der Waals surface area contributed by atoms with E-state index in [1.54, 1.807) is 25.3 Å². The molecule has 0 bridgehead atoms. The summed E-state index contributed by atoms with van der Waals surface area (Å²) in [7, 11) is 1.60. The highest BCUT2D eigenvalue weighted by Gasteiger charge is 2.12. The molecule has 0 radical (unpaired) electrons. The highest BCUT2D eigenvalue weighted by molar-refractivity contribution is 5.96. The van der Waals surface area contributed by atoms with Gasteiger partial charge < -0.3 is 9.47 Å². The molecule has 3 heteroatoms. The summed E-state index contributed by atoms with van der Waals surface area (Å²) in [5.74, 6) is 1.91. The zero-order valence-corrected chi connectivity index (χ0v) is 14.0. The second-order valence-corrected chi connectivity index (χ2v) is 6.00. The third kappa shape index (κ3) is 5.13. The summed E-state index contributed by atoms with van der Waals surface area (Å²) in [4.78, 5) is 12.3. The van der Waals surface area contributed by atoms with E-state index < -0.39 is 0 Å². The van der Waals surface area contributed by atoms with E-state index in [0.717, 1.165) is 12.0 Å². The molecule has 0 spiro atoms. The van der Waals surface area contributed by atoms with Gasteiger partial charge in [-0.1, -0.05) is 44.2 Å². The van der Waals surface area contributed by atoms with Gasteiger partial charge >= 0.3 is 0 Å². The number of methoxy groups -OCH3 is 1. The average Bonchev–Trinajstić information content (AvgIpc) is 2.58. The van der Waals surface area contributed by atoms with Crippen molar-refractivity contribution < 1.29 is 14.3 Å². The zero-order chi connectivity index (χ0) is 16.7. The number of hydrogen-bond donors (Lipinski definition) is 0. The van der Waals surface area contributed by atoms with Gasteiger partial charge in [-0.15, -0.1) is 0 Å². The first-order valence-corrected chi connectivity index (χ1v) is 7.98. The van der Waals surface area contributed by atoms with Crippen LogP contribution in [0.3, 0.4) is 0 Å². The Balaban J connectivity index is 2.10. The number of rotatable bonds is 8. The monoisotopic (exact) mass is 312 g/mol. The molecule has 2 aromatic carbocycles. The standard InChI is InChI=1S/C20H24O3/c1-15(2)9-11-18(21)17-10-12-19(22-3)20(13-17)23-14-16-7-5-4-6-8-16/h4-8,10,12-13,15H,9,11,14H2,1-3H3. The predicted octanol–water partition coefficient (Wildman–Crippen LogP) is 4.89. The Morgan fingerprint density at radius 3 is 2.43 bits per heavy atom. The van der Waals surface area contributed by atoms with Gasteiger partial charge in [0.15, 0.2) is 17.3 Å². The summed E-state index contributed by atoms with van der Waals surface area (Å²) < 4.78 is 11.2. The number of ketones is 1. The van der Waals surface area contributed by atoms with E-state index in [-0.39, 0.29) is 5.78 Å². The zero-order valence-electron chi connectivity index (χ0n) is 14.0. The topological polar surface area (TPSA) is 35.5 Å². The molecule has 3 nitrogen and oxygen atoms in total. The van der Waals surface area contributed by atoms with Crippen LogP contribution in [0.15, 0.2) is 48.5 Å². The minimum absolute atomic E-state index is 0.144. The van der Waals surface area contributed by atoms with Crippen molar-refractivity contribution in [1.29, 1.82) is 0 Å². The van der Waals surface area contributed by atoms with E-state index in [2.05, 4.69) is 13.8 Å². The Bertz CT molecular complexity index is 633. The van der Waals surface area contributed by atoms with Crippen molar-refractivity contribution >= 4 is 5.78 Å². The van der Waals surface area contributed by atoms with Crippen LogP contribution >= 0.6 is 0 Å². The summed E-state index contributed by atoms with van der Waals surface area (Å²) in [6.07, 6.45) is 1.45. The largest absolute Gasteiger partial charge is 0.493 e. The van der Waals surface area contributed by atoms with Gasteiger partial charge in [0.05, 0.1) is 7.11 Å². The summed E-state index contributed by atoms with van der Waals surface area (Å²) in [6, 6.07) is 15.3. The normalized spacial score (nSPS) is 10.6. The molecule has 2 rings (SSSR count). The summed E-state index contributed by atoms with van der Waals surface area (Å²) >= 11 is 0. The van der Waals surface area contributed by atoms with Gasteiger partial charge in [-0.25, -0.2) is 0 Å². The molecular weight excluding hydrogens is 288 g/mol. The van der Waals surface area contributed by atoms with Gasteiger partial charge in [0.2, 0.25) is 0 Å². The van der Waals surface area contributed by atoms with Crippen LogP contribution in [0, 0.1) is 5.92 Å². The van der Waals surface area contributed by atoms with Crippen LogP contribution in [0.1, 0.15) is 42.6 Å². The molecule has 0 aliphatic rings. The van der Waals surface area contributed by atoms with Gasteiger partial charge in [-0.3, -0.25) is 4.79 Å². The molecule has 0 saturated heterocycles. The fourth-order valence-electron chi connectivity index (χ4n) is 2.26. The van der Waals surface area contributed by atoms with Crippen LogP contribution in [0.25, 0.3) is 0 Å². The van der Waals surface area contributed by atoms with E-state index in [1.165, 1.54) is 0 Å². The van der Waals surface area contributed by atoms with Gasteiger partial charge in [-0.2, -0.15) is 0 Å². The third-order valence-electron chi connectivity index (χ3n) is 3.67. The van der Waals surface area contributed by atoms with E-state index in [0.29, 0.717) is 36.0 Å². The minimum Gasteiger partial charge on any atom is -0.493 e. The second-order valence-electron chi connectivity index (χ2n) is 6.00. The van der Waals surface area contributed by atoms with Crippen LogP contribution in [0.5, 0.6) is 11.5 Å². The molecule has 0 aliphatic carbocycles. The number of carbonyl (C=O) groups is 1. The Morgan fingerprint density at radius 1 is 1.04 bits per heavy atom. The lowest BCUT2D eigenvalue weighted by Gasteiger charge is -2.12. The number of Topliss-reactive ketones (excluding diaryl/α,β-unsaturated/α-hetero) is 1. The molecule has 0 aliphatic heterocycles. The Kier molecular flexibility index (Phi) is 6.21. The Morgan fingerprint density at radius 2 is 1.78 bits per heavy atom. The van der Waals surface area contributed by atoms with Gasteiger partial charge in [0.1, 0.15) is 6.61 Å². The van der Waals surface area contributed by atoms with Crippen molar-refractivity contribution in [2.24, 2.45) is 5.92 Å². The first kappa shape index (κ1) is 17.1. The van der Waals surface area contributed by atoms with Crippen molar-refractivity contribution in [3.05, 3.63) is 59.7 Å². The lowest BCUT2D eigenvalue weighted by Crippen LogP contribution is -2.03. The predicted molar refractivity (Wildman–Crippen MR) is 92.2 cm³/mol. The molecule has 0 fully saturated rings. The van der Waals surface area contributed by atoms with Crippen LogP contribution < -0.4 is 9.47 Å². The SMILES string of the molecule is COc1ccc(C(=O)CCC(C)C)cc1OCc1ccccc1. The minimum atomic E-state index is 0.144. The lowest BCUT2D eigenvalue weighted by molar-refractivity contribution is 0.0975. The van der Waals surface area contributed by atoms with Crippen molar-refractivity contribution in [3.63, 3.8) is 0 Å². The van der Waals surface area contributed by atoms with Crippen LogP contribution in [-0.2, 0) is 6.61 Å². The Labute approximate surface area is 138 Å². The number of benzene rings is 2. The molecule has 0 heterocycles. The highest BCUT2D eigenvalue weighted by Crippen LogP contribution is 2.29. The molecule has 23 heavy (non-hydrogen) atoms. The molecule has 2 aromatic rings. The first-order valence-electron chi connectivity index (χ1n) is 7.98. The maximum absolute atomic E-state index is 12.3. The molecule has 0 unspecified atom stereocenters. The van der Waals surface area contributed by atoms with Crippen molar-refractivity contribution in [1.82, 2.24) is 0 Å². The van der Waals surface area contributed by atoms with E-state index in [9.17, 15) is 4.79 Å². The second kappa shape index (κ2) is 8.37. The number of hydrogen-bond acceptors (Lipinski definition) is 3. The first-order chi connectivity index (χ1) is 11.1. The molecule has 0 saturated carbocycles. The summed E-state index contributed by atoms with van der Waals surface area (Å²) in [5.41, 5.74) is 1.75. The Hall–Kier alpha value is -2.29. The van der Waals surface area contributed by atoms with Crippen molar-refractivity contribution in [2.45, 2.75) is 33.3 Å². The molecule has 0 amide bonds. The fraction of sp³-hybridized carbons (Fsp3) is 0.350. The number of ether oxygens (including phenoxy) is 2. The number of carbonyl (C=O) groups excluding carboxylic acids is 1. The molecule has 0 N–H and O–H groups in total. The van der Waals surface area contributed by atoms with E-state index >= 15 is 0 Å². The van der Waals surface area contributed by atoms with Crippen LogP contribution in [0.2, 0.25) is 0 Å². The molecular formula is C20H24O3. The quantitative estimate of drug-likeness (QED) is 0.651. The summed E-state index contributed by atoms with van der Waals surface area (Å²) in [6.45, 7) is 4.69. The van der Waals surface area contributed by atoms with Gasteiger partial charge in [-0.05, 0) is 36.1 Å². The van der Waals surface area contributed by atoms with Gasteiger partial charge in [0, 0.05) is 12.0 Å². The molecule has 0 atom stereocenters. The lowest BCUT2D eigenvalue weighted by atomic mass is 10.0. The maximum Gasteiger partial charge on any atom is 0.163 e. The van der Waals surface area contributed by atoms with Crippen molar-refractivity contribution in [2.75, 3.05) is 7.11 Å². The third-order valence-corrected chi connectivity index (χ3v) is 3.67. The van der Waals surface area contributed by atoms with Crippen LogP contribution in [-0.4, -0.2) is 12.9 Å². The van der Waals surface area contributed by atoms with Crippen molar-refractivity contribution in [3.8, 4) is 11.5 Å². The summed E-state index contributed by atoms with van der Waals surface area (Å²) in [5, 5.41) is 0.